The van der Waals surface area contributed by atoms with Gasteiger partial charge < -0.3 is 20.3 Å². The second-order valence-corrected chi connectivity index (χ2v) is 12.7. The Balaban J connectivity index is 1.29. The van der Waals surface area contributed by atoms with Crippen molar-refractivity contribution in [1.29, 1.82) is 0 Å². The molecule has 1 saturated carbocycles. The quantitative estimate of drug-likeness (QED) is 0.520. The van der Waals surface area contributed by atoms with E-state index in [2.05, 4.69) is 22.8 Å². The maximum Gasteiger partial charge on any atom is 0.422 e. The summed E-state index contributed by atoms with van der Waals surface area (Å²) in [5, 5.41) is 4.21. The van der Waals surface area contributed by atoms with E-state index in [0.717, 1.165) is 24.0 Å². The summed E-state index contributed by atoms with van der Waals surface area (Å²) >= 11 is 0. The highest BCUT2D eigenvalue weighted by atomic mass is 19.4. The first kappa shape index (κ1) is 29.4. The maximum atomic E-state index is 14.6. The number of fused-ring (bicyclic) bond motifs is 2. The number of alkyl halides is 5. The van der Waals surface area contributed by atoms with Gasteiger partial charge in [-0.3, -0.25) is 4.79 Å². The van der Waals surface area contributed by atoms with Crippen molar-refractivity contribution in [3.8, 4) is 5.75 Å². The van der Waals surface area contributed by atoms with E-state index < -0.39 is 24.1 Å². The average Bonchev–Trinajstić information content (AvgIpc) is 3.39. The summed E-state index contributed by atoms with van der Waals surface area (Å²) in [4.78, 5) is 16.6. The van der Waals surface area contributed by atoms with Gasteiger partial charge in [0.1, 0.15) is 23.6 Å². The van der Waals surface area contributed by atoms with Gasteiger partial charge in [-0.15, -0.1) is 0 Å². The lowest BCUT2D eigenvalue weighted by molar-refractivity contribution is -0.691. The molecule has 3 fully saturated rings. The molecule has 1 aliphatic carbocycles. The smallest absolute Gasteiger partial charge is 0.422 e. The van der Waals surface area contributed by atoms with Gasteiger partial charge in [-0.1, -0.05) is 42.5 Å². The Labute approximate surface area is 243 Å². The fourth-order valence-corrected chi connectivity index (χ4v) is 8.25. The molecule has 0 bridgehead atoms. The highest BCUT2D eigenvalue weighted by molar-refractivity contribution is 5.82. The molecule has 4 aliphatic rings. The van der Waals surface area contributed by atoms with Crippen molar-refractivity contribution < 1.29 is 42.1 Å². The number of nitrogens with zero attached hydrogens (tertiary/aromatic N) is 1. The molecule has 3 heterocycles. The Morgan fingerprint density at radius 3 is 2.45 bits per heavy atom. The van der Waals surface area contributed by atoms with Crippen LogP contribution < -0.4 is 15.4 Å². The van der Waals surface area contributed by atoms with Crippen molar-refractivity contribution in [1.82, 2.24) is 4.90 Å². The van der Waals surface area contributed by atoms with E-state index in [0.29, 0.717) is 45.6 Å². The van der Waals surface area contributed by atoms with Crippen LogP contribution in [-0.4, -0.2) is 61.7 Å². The topological polar surface area (TPSA) is 62.8 Å². The number of benzene rings is 2. The van der Waals surface area contributed by atoms with Crippen molar-refractivity contribution in [3.05, 3.63) is 65.2 Å². The number of hydrogen-bond acceptors (Lipinski definition) is 2. The number of quaternary nitrogens is 2. The van der Waals surface area contributed by atoms with Gasteiger partial charge in [0.25, 0.3) is 0 Å². The molecule has 10 heteroatoms. The second-order valence-electron chi connectivity index (χ2n) is 12.7. The molecular weight excluding hydrogens is 553 g/mol. The number of amides is 1. The minimum Gasteiger partial charge on any atom is -0.484 e. The Morgan fingerprint density at radius 2 is 1.71 bits per heavy atom. The number of likely N-dealkylation sites (tertiary alicyclic amines) is 1. The van der Waals surface area contributed by atoms with Crippen molar-refractivity contribution in [2.24, 2.45) is 11.8 Å². The fraction of sp³-hybridized carbons (Fsp3) is 0.594. The lowest BCUT2D eigenvalue weighted by Crippen LogP contribution is -2.91. The van der Waals surface area contributed by atoms with Crippen LogP contribution in [0.25, 0.3) is 0 Å². The largest absolute Gasteiger partial charge is 0.484 e. The van der Waals surface area contributed by atoms with Crippen molar-refractivity contribution in [2.45, 2.75) is 74.5 Å². The van der Waals surface area contributed by atoms with Crippen LogP contribution in [0.5, 0.6) is 5.75 Å². The molecule has 2 aromatic carbocycles. The molecule has 5 nitrogen and oxygen atoms in total. The first-order valence-corrected chi connectivity index (χ1v) is 15.2. The molecule has 4 N–H and O–H groups in total. The van der Waals surface area contributed by atoms with Crippen molar-refractivity contribution >= 4 is 5.91 Å². The Hall–Kier alpha value is -2.72. The number of halogens is 5. The Kier molecular flexibility index (Phi) is 7.98. The third kappa shape index (κ3) is 5.76. The lowest BCUT2D eigenvalue weighted by Gasteiger charge is -2.47. The Bertz CT molecular complexity index is 1260. The second kappa shape index (κ2) is 11.4. The molecule has 2 aromatic rings. The lowest BCUT2D eigenvalue weighted by atomic mass is 9.67. The summed E-state index contributed by atoms with van der Waals surface area (Å²) < 4.78 is 72.5. The number of piperidine rings is 1. The summed E-state index contributed by atoms with van der Waals surface area (Å²) in [6, 6.07) is 15.4. The zero-order valence-electron chi connectivity index (χ0n) is 23.7. The predicted octanol–water partition coefficient (Wildman–Crippen LogP) is 3.74. The highest BCUT2D eigenvalue weighted by Gasteiger charge is 2.57. The first-order valence-electron chi connectivity index (χ1n) is 15.2. The Morgan fingerprint density at radius 1 is 0.976 bits per heavy atom. The van der Waals surface area contributed by atoms with Crippen molar-refractivity contribution in [2.75, 3.05) is 32.8 Å². The fourth-order valence-electron chi connectivity index (χ4n) is 8.25. The van der Waals surface area contributed by atoms with Gasteiger partial charge in [0.15, 0.2) is 6.61 Å². The standard InChI is InChI=1S/C32H38F5N3O2/c33-31(34)12-9-22(10-13-31)27-15-23(21-5-2-1-3-6-21)11-14-40(27)29(41)26-17-39-19-30(26)18-38-16-24-25(30)7-4-8-28(24)42-20-32(35,36)37/h1-8,22-23,26-27,38-39H,9-20H2/p+2/t23-,26+,27+,30+/m1/s1. The first-order chi connectivity index (χ1) is 20.1. The summed E-state index contributed by atoms with van der Waals surface area (Å²) in [5.41, 5.74) is 2.33. The average molecular weight is 594 g/mol. The van der Waals surface area contributed by atoms with Crippen LogP contribution in [0.1, 0.15) is 61.1 Å². The number of carbonyl (C=O) groups is 1. The van der Waals surface area contributed by atoms with Crippen molar-refractivity contribution in [3.63, 3.8) is 0 Å². The molecule has 4 atom stereocenters. The van der Waals surface area contributed by atoms with Gasteiger partial charge >= 0.3 is 6.18 Å². The molecule has 0 aromatic heterocycles. The molecular formula is C32H40F5N3O2+2. The number of rotatable bonds is 5. The maximum absolute atomic E-state index is 14.6. The van der Waals surface area contributed by atoms with E-state index in [1.807, 2.05) is 29.2 Å². The van der Waals surface area contributed by atoms with Crippen LogP contribution in [0.2, 0.25) is 0 Å². The molecule has 1 amide bonds. The molecule has 0 unspecified atom stereocenters. The zero-order valence-corrected chi connectivity index (χ0v) is 23.7. The number of nitrogens with two attached hydrogens (primary N) is 2. The SMILES string of the molecule is O=C([C@@H]1C[NH2+]C[C@]12C[NH2+]Cc1c(OCC(F)(F)F)cccc12)N1CC[C@@H](c2ccccc2)C[C@H]1C1CCC(F)(F)CC1. The van der Waals surface area contributed by atoms with Gasteiger partial charge in [-0.2, -0.15) is 13.2 Å². The molecule has 0 radical (unpaired) electrons. The van der Waals surface area contributed by atoms with Crippen LogP contribution in [0.3, 0.4) is 0 Å². The summed E-state index contributed by atoms with van der Waals surface area (Å²) in [6.45, 7) is 1.63. The van der Waals surface area contributed by atoms with E-state index in [1.54, 1.807) is 12.1 Å². The van der Waals surface area contributed by atoms with Crippen LogP contribution >= 0.6 is 0 Å². The van der Waals surface area contributed by atoms with Crippen LogP contribution in [-0.2, 0) is 16.8 Å². The molecule has 42 heavy (non-hydrogen) atoms. The number of carbonyl (C=O) groups excluding carboxylic acids is 1. The number of ether oxygens (including phenoxy) is 1. The monoisotopic (exact) mass is 593 g/mol. The zero-order chi connectivity index (χ0) is 29.5. The molecule has 1 spiro atoms. The normalized spacial score (nSPS) is 29.8. The third-order valence-electron chi connectivity index (χ3n) is 10.3. The van der Waals surface area contributed by atoms with Gasteiger partial charge in [0.2, 0.25) is 11.8 Å². The predicted molar refractivity (Wildman–Crippen MR) is 146 cm³/mol. The van der Waals surface area contributed by atoms with Gasteiger partial charge in [0.05, 0.1) is 25.2 Å². The minimum atomic E-state index is -4.44. The van der Waals surface area contributed by atoms with Gasteiger partial charge in [-0.05, 0) is 54.7 Å². The van der Waals surface area contributed by atoms with Crippen LogP contribution in [0.4, 0.5) is 22.0 Å². The van der Waals surface area contributed by atoms with Crippen LogP contribution in [0.15, 0.2) is 48.5 Å². The molecule has 2 saturated heterocycles. The van der Waals surface area contributed by atoms with Crippen LogP contribution in [0, 0.1) is 11.8 Å². The molecule has 6 rings (SSSR count). The number of hydrogen-bond donors (Lipinski definition) is 2. The summed E-state index contributed by atoms with van der Waals surface area (Å²) in [7, 11) is 0. The van der Waals surface area contributed by atoms with E-state index in [9.17, 15) is 26.7 Å². The van der Waals surface area contributed by atoms with E-state index >= 15 is 0 Å². The summed E-state index contributed by atoms with van der Waals surface area (Å²) in [5.74, 6) is -2.43. The van der Waals surface area contributed by atoms with E-state index in [-0.39, 0.29) is 48.3 Å². The minimum absolute atomic E-state index is 0.0222. The van der Waals surface area contributed by atoms with Gasteiger partial charge in [0, 0.05) is 25.4 Å². The van der Waals surface area contributed by atoms with Gasteiger partial charge in [-0.25, -0.2) is 8.78 Å². The summed E-state index contributed by atoms with van der Waals surface area (Å²) in [6.07, 6.45) is -2.34. The molecule has 3 aliphatic heterocycles. The highest BCUT2D eigenvalue weighted by Crippen LogP contribution is 2.46. The third-order valence-corrected chi connectivity index (χ3v) is 10.3. The van der Waals surface area contributed by atoms with E-state index in [4.69, 9.17) is 4.74 Å². The van der Waals surface area contributed by atoms with E-state index in [1.165, 1.54) is 5.56 Å². The molecule has 228 valence electrons.